The van der Waals surface area contributed by atoms with Crippen molar-refractivity contribution < 1.29 is 18.4 Å². The van der Waals surface area contributed by atoms with Crippen molar-refractivity contribution in [3.05, 3.63) is 44.7 Å². The lowest BCUT2D eigenvalue weighted by Gasteiger charge is -2.11. The second-order valence-corrected chi connectivity index (χ2v) is 5.86. The first-order valence-electron chi connectivity index (χ1n) is 6.15. The first kappa shape index (κ1) is 16.4. The first-order valence-corrected chi connectivity index (χ1v) is 7.23. The van der Waals surface area contributed by atoms with Crippen molar-refractivity contribution in [1.82, 2.24) is 4.57 Å². The van der Waals surface area contributed by atoms with Gasteiger partial charge in [-0.15, -0.1) is 0 Å². The van der Waals surface area contributed by atoms with Gasteiger partial charge in [0, 0.05) is 17.5 Å². The molecule has 2 aromatic rings. The fourth-order valence-electron chi connectivity index (χ4n) is 2.13. The molecule has 0 aliphatic rings. The van der Waals surface area contributed by atoms with Crippen LogP contribution < -0.4 is 11.1 Å². The summed E-state index contributed by atoms with van der Waals surface area (Å²) in [5.41, 5.74) is 4.43. The number of hydrogen-bond acceptors (Lipinski definition) is 3. The van der Waals surface area contributed by atoms with Crippen molar-refractivity contribution in [2.75, 3.05) is 5.32 Å². The Morgan fingerprint density at radius 2 is 1.95 bits per heavy atom. The molecule has 116 valence electrons. The number of Topliss-reactive ketones (excluding diaryl/α,β-unsaturated/α-hetero) is 1. The molecule has 0 unspecified atom stereocenters. The highest BCUT2D eigenvalue weighted by atomic mass is 127. The van der Waals surface area contributed by atoms with Gasteiger partial charge >= 0.3 is 0 Å². The van der Waals surface area contributed by atoms with Crippen molar-refractivity contribution in [2.24, 2.45) is 12.8 Å². The van der Waals surface area contributed by atoms with E-state index in [2.05, 4.69) is 5.32 Å². The predicted octanol–water partition coefficient (Wildman–Crippen LogP) is 2.95. The summed E-state index contributed by atoms with van der Waals surface area (Å²) in [6, 6.07) is 4.36. The Bertz CT molecular complexity index is 787. The van der Waals surface area contributed by atoms with Gasteiger partial charge in [0.2, 0.25) is 0 Å². The lowest BCUT2D eigenvalue weighted by molar-refractivity contribution is 0.0997. The number of amides is 1. The van der Waals surface area contributed by atoms with Crippen LogP contribution in [0.4, 0.5) is 20.3 Å². The molecular formula is C14H12F2IN3O2. The van der Waals surface area contributed by atoms with Gasteiger partial charge in [0.1, 0.15) is 22.9 Å². The van der Waals surface area contributed by atoms with Crippen molar-refractivity contribution in [1.29, 1.82) is 0 Å². The third kappa shape index (κ3) is 2.82. The third-order valence-corrected chi connectivity index (χ3v) is 3.77. The minimum absolute atomic E-state index is 0.0404. The van der Waals surface area contributed by atoms with Crippen LogP contribution in [-0.2, 0) is 7.05 Å². The molecule has 3 N–H and O–H groups in total. The number of carbonyl (C=O) groups excluding carboxylic acids is 2. The van der Waals surface area contributed by atoms with Gasteiger partial charge in [-0.3, -0.25) is 9.59 Å². The number of carbonyl (C=O) groups is 2. The Labute approximate surface area is 138 Å². The summed E-state index contributed by atoms with van der Waals surface area (Å²) in [6.07, 6.45) is 0. The third-order valence-electron chi connectivity index (χ3n) is 3.10. The van der Waals surface area contributed by atoms with E-state index in [1.54, 1.807) is 6.07 Å². The van der Waals surface area contributed by atoms with Gasteiger partial charge in [-0.1, -0.05) is 0 Å². The van der Waals surface area contributed by atoms with Crippen LogP contribution in [0.25, 0.3) is 0 Å². The molecule has 1 aromatic carbocycles. The zero-order chi connectivity index (χ0) is 16.6. The SMILES string of the molecule is CC(=O)c1c(F)c(C(N)=O)c(Nc2ccc(I)cc2F)n1C. The second kappa shape index (κ2) is 6.03. The van der Waals surface area contributed by atoms with Crippen LogP contribution in [0.15, 0.2) is 18.2 Å². The molecular weight excluding hydrogens is 407 g/mol. The molecule has 0 spiro atoms. The van der Waals surface area contributed by atoms with Gasteiger partial charge in [-0.05, 0) is 40.8 Å². The van der Waals surface area contributed by atoms with Gasteiger partial charge in [-0.25, -0.2) is 8.78 Å². The van der Waals surface area contributed by atoms with Crippen LogP contribution in [0.1, 0.15) is 27.8 Å². The van der Waals surface area contributed by atoms with Crippen LogP contribution in [0.2, 0.25) is 0 Å². The van der Waals surface area contributed by atoms with Crippen LogP contribution in [0, 0.1) is 15.2 Å². The van der Waals surface area contributed by atoms with Crippen LogP contribution in [0.5, 0.6) is 0 Å². The lowest BCUT2D eigenvalue weighted by Crippen LogP contribution is -2.14. The maximum absolute atomic E-state index is 14.2. The van der Waals surface area contributed by atoms with Gasteiger partial charge < -0.3 is 15.6 Å². The lowest BCUT2D eigenvalue weighted by atomic mass is 10.2. The second-order valence-electron chi connectivity index (χ2n) is 4.61. The minimum atomic E-state index is -1.05. The molecule has 1 heterocycles. The average Bonchev–Trinajstić information content (AvgIpc) is 2.64. The summed E-state index contributed by atoms with van der Waals surface area (Å²) in [5.74, 6) is -3.29. The molecule has 5 nitrogen and oxygen atoms in total. The van der Waals surface area contributed by atoms with E-state index in [1.807, 2.05) is 22.6 Å². The van der Waals surface area contributed by atoms with E-state index in [4.69, 9.17) is 5.73 Å². The van der Waals surface area contributed by atoms with E-state index in [0.717, 1.165) is 4.57 Å². The standard InChI is InChI=1S/C14H12F2IN3O2/c1-6(21)12-11(16)10(13(18)22)14(20(12)2)19-9-4-3-7(17)5-8(9)15/h3-5,19H,1-2H3,(H2,18,22). The molecule has 22 heavy (non-hydrogen) atoms. The highest BCUT2D eigenvalue weighted by Gasteiger charge is 2.27. The fraction of sp³-hybridized carbons (Fsp3) is 0.143. The number of rotatable bonds is 4. The van der Waals surface area contributed by atoms with Gasteiger partial charge in [0.05, 0.1) is 5.69 Å². The first-order chi connectivity index (χ1) is 10.2. The Hall–Kier alpha value is -1.97. The number of benzene rings is 1. The Balaban J connectivity index is 2.62. The van der Waals surface area contributed by atoms with Gasteiger partial charge in [-0.2, -0.15) is 0 Å². The number of nitrogens with zero attached hydrogens (tertiary/aromatic N) is 1. The molecule has 0 bridgehead atoms. The van der Waals surface area contributed by atoms with E-state index in [1.165, 1.54) is 26.1 Å². The predicted molar refractivity (Wildman–Crippen MR) is 86.3 cm³/mol. The van der Waals surface area contributed by atoms with E-state index >= 15 is 0 Å². The zero-order valence-corrected chi connectivity index (χ0v) is 13.9. The van der Waals surface area contributed by atoms with Crippen molar-refractivity contribution in [3.63, 3.8) is 0 Å². The molecule has 0 radical (unpaired) electrons. The van der Waals surface area contributed by atoms with Crippen LogP contribution in [-0.4, -0.2) is 16.3 Å². The number of primary amides is 1. The molecule has 2 rings (SSSR count). The molecule has 0 atom stereocenters. The largest absolute Gasteiger partial charge is 0.365 e. The number of hydrogen-bond donors (Lipinski definition) is 2. The normalized spacial score (nSPS) is 10.6. The molecule has 1 aromatic heterocycles. The van der Waals surface area contributed by atoms with Crippen molar-refractivity contribution in [2.45, 2.75) is 6.92 Å². The molecule has 0 aliphatic heterocycles. The van der Waals surface area contributed by atoms with Gasteiger partial charge in [0.15, 0.2) is 11.6 Å². The molecule has 1 amide bonds. The quantitative estimate of drug-likeness (QED) is 0.591. The zero-order valence-electron chi connectivity index (χ0n) is 11.7. The van der Waals surface area contributed by atoms with E-state index in [0.29, 0.717) is 3.57 Å². The highest BCUT2D eigenvalue weighted by molar-refractivity contribution is 14.1. The summed E-state index contributed by atoms with van der Waals surface area (Å²) in [7, 11) is 1.39. The number of nitrogens with two attached hydrogens (primary N) is 1. The maximum atomic E-state index is 14.2. The summed E-state index contributed by atoms with van der Waals surface area (Å²) in [4.78, 5) is 23.0. The summed E-state index contributed by atoms with van der Waals surface area (Å²) < 4.78 is 30.0. The fourth-order valence-corrected chi connectivity index (χ4v) is 2.58. The highest BCUT2D eigenvalue weighted by Crippen LogP contribution is 2.29. The Kier molecular flexibility index (Phi) is 4.50. The van der Waals surface area contributed by atoms with E-state index in [-0.39, 0.29) is 17.2 Å². The number of nitrogens with one attached hydrogen (secondary N) is 1. The molecule has 0 saturated carbocycles. The van der Waals surface area contributed by atoms with E-state index in [9.17, 15) is 18.4 Å². The summed E-state index contributed by atoms with van der Waals surface area (Å²) >= 11 is 1.94. The van der Waals surface area contributed by atoms with Crippen molar-refractivity contribution >= 4 is 45.8 Å². The Morgan fingerprint density at radius 3 is 2.45 bits per heavy atom. The van der Waals surface area contributed by atoms with Gasteiger partial charge in [0.25, 0.3) is 5.91 Å². The number of halogens is 3. The molecule has 0 aliphatic carbocycles. The Morgan fingerprint density at radius 1 is 1.32 bits per heavy atom. The molecule has 0 fully saturated rings. The summed E-state index contributed by atoms with van der Waals surface area (Å²) in [5, 5.41) is 2.63. The number of aromatic nitrogens is 1. The molecule has 8 heteroatoms. The summed E-state index contributed by atoms with van der Waals surface area (Å²) in [6.45, 7) is 1.17. The smallest absolute Gasteiger partial charge is 0.255 e. The topological polar surface area (TPSA) is 77.1 Å². The molecule has 0 saturated heterocycles. The maximum Gasteiger partial charge on any atom is 0.255 e. The van der Waals surface area contributed by atoms with Crippen LogP contribution >= 0.6 is 22.6 Å². The minimum Gasteiger partial charge on any atom is -0.365 e. The van der Waals surface area contributed by atoms with E-state index < -0.39 is 28.9 Å². The van der Waals surface area contributed by atoms with Crippen LogP contribution in [0.3, 0.4) is 0 Å². The van der Waals surface area contributed by atoms with Crippen molar-refractivity contribution in [3.8, 4) is 0 Å². The monoisotopic (exact) mass is 419 g/mol. The number of ketones is 1. The number of anilines is 2. The average molecular weight is 419 g/mol.